The molecule has 1 aliphatic heterocycles. The Hall–Kier alpha value is -1.10. The Labute approximate surface area is 95.3 Å². The van der Waals surface area contributed by atoms with E-state index in [9.17, 15) is 10.2 Å². The Kier molecular flexibility index (Phi) is 3.14. The summed E-state index contributed by atoms with van der Waals surface area (Å²) < 4.78 is 0. The van der Waals surface area contributed by atoms with Gasteiger partial charge in [-0.3, -0.25) is 0 Å². The first-order chi connectivity index (χ1) is 7.61. The highest BCUT2D eigenvalue weighted by atomic mass is 16.5. The van der Waals surface area contributed by atoms with Crippen LogP contribution in [0.4, 0.5) is 5.69 Å². The van der Waals surface area contributed by atoms with Crippen molar-refractivity contribution in [3.63, 3.8) is 0 Å². The van der Waals surface area contributed by atoms with Crippen LogP contribution in [-0.2, 0) is 6.54 Å². The highest BCUT2D eigenvalue weighted by molar-refractivity contribution is 5.48. The van der Waals surface area contributed by atoms with E-state index in [1.165, 1.54) is 0 Å². The average molecular weight is 222 g/mol. The highest BCUT2D eigenvalue weighted by Gasteiger charge is 2.29. The van der Waals surface area contributed by atoms with E-state index >= 15 is 0 Å². The van der Waals surface area contributed by atoms with E-state index in [0.717, 1.165) is 11.3 Å². The fraction of sp³-hybridized carbons (Fsp3) is 0.500. The fourth-order valence-electron chi connectivity index (χ4n) is 1.97. The molecule has 1 fully saturated rings. The third kappa shape index (κ3) is 2.52. The number of aliphatic hydroxyl groups is 2. The van der Waals surface area contributed by atoms with E-state index in [4.69, 9.17) is 5.73 Å². The quantitative estimate of drug-likeness (QED) is 0.635. The van der Waals surface area contributed by atoms with Gasteiger partial charge in [-0.15, -0.1) is 0 Å². The molecule has 2 rings (SSSR count). The molecular formula is C12H18N2O2. The number of nitrogens with zero attached hydrogens (tertiary/aromatic N) is 1. The molecule has 1 aliphatic rings. The van der Waals surface area contributed by atoms with Gasteiger partial charge in [-0.05, 0) is 17.7 Å². The molecule has 0 atom stereocenters. The number of rotatable bonds is 2. The van der Waals surface area contributed by atoms with Gasteiger partial charge in [-0.1, -0.05) is 12.1 Å². The minimum Gasteiger partial charge on any atom is -0.371 e. The summed E-state index contributed by atoms with van der Waals surface area (Å²) in [5.74, 6) is -1.48. The van der Waals surface area contributed by atoms with E-state index in [-0.39, 0.29) is 0 Å². The number of nitrogens with two attached hydrogens (primary N) is 1. The van der Waals surface area contributed by atoms with Crippen molar-refractivity contribution < 1.29 is 10.2 Å². The van der Waals surface area contributed by atoms with E-state index < -0.39 is 5.79 Å². The summed E-state index contributed by atoms with van der Waals surface area (Å²) in [5, 5.41) is 18.9. The summed E-state index contributed by atoms with van der Waals surface area (Å²) >= 11 is 0. The molecule has 0 aromatic heterocycles. The molecule has 1 aromatic carbocycles. The van der Waals surface area contributed by atoms with Crippen molar-refractivity contribution in [2.75, 3.05) is 18.0 Å². The predicted octanol–water partition coefficient (Wildman–Crippen LogP) is 0.426. The van der Waals surface area contributed by atoms with Crippen molar-refractivity contribution in [3.05, 3.63) is 29.8 Å². The Balaban J connectivity index is 2.03. The van der Waals surface area contributed by atoms with Crippen LogP contribution in [0.2, 0.25) is 0 Å². The third-order valence-electron chi connectivity index (χ3n) is 3.10. The van der Waals surface area contributed by atoms with Crippen molar-refractivity contribution in [1.82, 2.24) is 0 Å². The Morgan fingerprint density at radius 3 is 2.19 bits per heavy atom. The fourth-order valence-corrected chi connectivity index (χ4v) is 1.97. The van der Waals surface area contributed by atoms with Crippen LogP contribution in [0.3, 0.4) is 0 Å². The van der Waals surface area contributed by atoms with Crippen LogP contribution in [0.5, 0.6) is 0 Å². The summed E-state index contributed by atoms with van der Waals surface area (Å²) in [4.78, 5) is 2.16. The topological polar surface area (TPSA) is 69.7 Å². The molecule has 16 heavy (non-hydrogen) atoms. The maximum absolute atomic E-state index is 9.43. The van der Waals surface area contributed by atoms with Gasteiger partial charge in [0.2, 0.25) is 0 Å². The molecule has 0 amide bonds. The number of hydrogen-bond acceptors (Lipinski definition) is 4. The minimum absolute atomic E-state index is 0.394. The van der Waals surface area contributed by atoms with Gasteiger partial charge in [-0.25, -0.2) is 0 Å². The highest BCUT2D eigenvalue weighted by Crippen LogP contribution is 2.24. The second kappa shape index (κ2) is 4.41. The van der Waals surface area contributed by atoms with Crippen LogP contribution in [0.1, 0.15) is 18.4 Å². The second-order valence-electron chi connectivity index (χ2n) is 4.34. The normalized spacial score (nSPS) is 19.8. The summed E-state index contributed by atoms with van der Waals surface area (Å²) in [6.45, 7) is 1.90. The van der Waals surface area contributed by atoms with Crippen LogP contribution in [0.25, 0.3) is 0 Å². The second-order valence-corrected chi connectivity index (χ2v) is 4.34. The van der Waals surface area contributed by atoms with Crippen LogP contribution >= 0.6 is 0 Å². The SMILES string of the molecule is NCc1ccc(N2CCC(O)(O)CC2)cc1. The largest absolute Gasteiger partial charge is 0.371 e. The number of anilines is 1. The molecule has 4 N–H and O–H groups in total. The molecule has 1 aromatic rings. The van der Waals surface area contributed by atoms with Gasteiger partial charge in [0, 0.05) is 38.2 Å². The summed E-state index contributed by atoms with van der Waals surface area (Å²) in [6.07, 6.45) is 0.789. The van der Waals surface area contributed by atoms with Gasteiger partial charge in [0.25, 0.3) is 0 Å². The molecule has 0 spiro atoms. The lowest BCUT2D eigenvalue weighted by molar-refractivity contribution is -0.172. The monoisotopic (exact) mass is 222 g/mol. The molecule has 4 nitrogen and oxygen atoms in total. The summed E-state index contributed by atoms with van der Waals surface area (Å²) in [5.41, 5.74) is 7.76. The lowest BCUT2D eigenvalue weighted by Crippen LogP contribution is -2.44. The lowest BCUT2D eigenvalue weighted by atomic mass is 10.0. The van der Waals surface area contributed by atoms with Crippen molar-refractivity contribution in [2.45, 2.75) is 25.2 Å². The van der Waals surface area contributed by atoms with Crippen LogP contribution in [0.15, 0.2) is 24.3 Å². The van der Waals surface area contributed by atoms with Crippen molar-refractivity contribution in [1.29, 1.82) is 0 Å². The van der Waals surface area contributed by atoms with E-state index in [0.29, 0.717) is 32.5 Å². The van der Waals surface area contributed by atoms with Gasteiger partial charge in [0.05, 0.1) is 0 Å². The molecule has 0 radical (unpaired) electrons. The zero-order valence-corrected chi connectivity index (χ0v) is 9.26. The Bertz CT molecular complexity index is 339. The molecule has 1 heterocycles. The van der Waals surface area contributed by atoms with Gasteiger partial charge in [-0.2, -0.15) is 0 Å². The number of piperidine rings is 1. The zero-order chi connectivity index (χ0) is 11.6. The van der Waals surface area contributed by atoms with E-state index in [2.05, 4.69) is 4.90 Å². The van der Waals surface area contributed by atoms with Crippen molar-refractivity contribution in [2.24, 2.45) is 5.73 Å². The van der Waals surface area contributed by atoms with Crippen LogP contribution in [-0.4, -0.2) is 29.1 Å². The maximum Gasteiger partial charge on any atom is 0.165 e. The van der Waals surface area contributed by atoms with Crippen molar-refractivity contribution >= 4 is 5.69 Å². The van der Waals surface area contributed by atoms with Crippen LogP contribution < -0.4 is 10.6 Å². The first-order valence-corrected chi connectivity index (χ1v) is 5.59. The molecule has 0 aliphatic carbocycles. The predicted molar refractivity (Wildman–Crippen MR) is 62.9 cm³/mol. The Morgan fingerprint density at radius 1 is 1.12 bits per heavy atom. The van der Waals surface area contributed by atoms with Crippen LogP contribution in [0, 0.1) is 0 Å². The van der Waals surface area contributed by atoms with Gasteiger partial charge >= 0.3 is 0 Å². The smallest absolute Gasteiger partial charge is 0.165 e. The summed E-state index contributed by atoms with van der Waals surface area (Å²) in [6, 6.07) is 8.08. The Morgan fingerprint density at radius 2 is 1.69 bits per heavy atom. The lowest BCUT2D eigenvalue weighted by Gasteiger charge is -2.36. The molecule has 0 bridgehead atoms. The van der Waals surface area contributed by atoms with Gasteiger partial charge in [0.1, 0.15) is 0 Å². The molecule has 88 valence electrons. The molecular weight excluding hydrogens is 204 g/mol. The molecule has 1 saturated heterocycles. The maximum atomic E-state index is 9.43. The first-order valence-electron chi connectivity index (χ1n) is 5.59. The summed E-state index contributed by atoms with van der Waals surface area (Å²) in [7, 11) is 0. The zero-order valence-electron chi connectivity index (χ0n) is 9.26. The van der Waals surface area contributed by atoms with E-state index in [1.807, 2.05) is 24.3 Å². The molecule has 0 saturated carbocycles. The minimum atomic E-state index is -1.48. The van der Waals surface area contributed by atoms with E-state index in [1.54, 1.807) is 0 Å². The number of hydrogen-bond donors (Lipinski definition) is 3. The van der Waals surface area contributed by atoms with Gasteiger partial charge in [0.15, 0.2) is 5.79 Å². The molecule has 0 unspecified atom stereocenters. The molecule has 4 heteroatoms. The van der Waals surface area contributed by atoms with Gasteiger partial charge < -0.3 is 20.8 Å². The van der Waals surface area contributed by atoms with Crippen molar-refractivity contribution in [3.8, 4) is 0 Å². The standard InChI is InChI=1S/C12H18N2O2/c13-9-10-1-3-11(4-2-10)14-7-5-12(15,16)6-8-14/h1-4,15-16H,5-9,13H2. The number of benzene rings is 1. The third-order valence-corrected chi connectivity index (χ3v) is 3.10. The average Bonchev–Trinajstić information content (AvgIpc) is 2.29. The first kappa shape index (κ1) is 11.4.